The summed E-state index contributed by atoms with van der Waals surface area (Å²) in [5, 5.41) is 6.35. The third-order valence-corrected chi connectivity index (χ3v) is 7.32. The van der Waals surface area contributed by atoms with Crippen molar-refractivity contribution in [3.8, 4) is 0 Å². The third-order valence-electron chi connectivity index (χ3n) is 5.57. The molecule has 2 aromatic heterocycles. The number of anilines is 1. The molecule has 1 aromatic carbocycles. The van der Waals surface area contributed by atoms with E-state index in [-0.39, 0.29) is 28.7 Å². The van der Waals surface area contributed by atoms with E-state index in [0.717, 1.165) is 4.68 Å². The summed E-state index contributed by atoms with van der Waals surface area (Å²) in [7, 11) is -3.32. The van der Waals surface area contributed by atoms with E-state index in [2.05, 4.69) is 15.4 Å². The van der Waals surface area contributed by atoms with Gasteiger partial charge in [0, 0.05) is 11.8 Å². The number of rotatable bonds is 9. The van der Waals surface area contributed by atoms with Gasteiger partial charge in [-0.1, -0.05) is 19.1 Å². The SMILES string of the molecule is CCS(=O)(=O)c1ccc(CC(=O)Nc2ccc(C(=O)C(C)(C)c3cnn(CC(F)(F)F)c3)nc2)cc1. The molecule has 0 unspecified atom stereocenters. The lowest BCUT2D eigenvalue weighted by molar-refractivity contribution is -0.142. The molecule has 0 saturated heterocycles. The van der Waals surface area contributed by atoms with Crippen LogP contribution in [0.4, 0.5) is 18.9 Å². The lowest BCUT2D eigenvalue weighted by Crippen LogP contribution is -2.29. The molecule has 0 aliphatic heterocycles. The molecule has 0 fully saturated rings. The van der Waals surface area contributed by atoms with Crippen molar-refractivity contribution in [2.45, 2.75) is 50.2 Å². The van der Waals surface area contributed by atoms with Gasteiger partial charge in [-0.25, -0.2) is 8.42 Å². The monoisotopic (exact) mass is 522 g/mol. The van der Waals surface area contributed by atoms with Crippen molar-refractivity contribution in [1.29, 1.82) is 0 Å². The Kier molecular flexibility index (Phi) is 7.68. The van der Waals surface area contributed by atoms with E-state index in [1.54, 1.807) is 32.9 Å². The average Bonchev–Trinajstić information content (AvgIpc) is 3.27. The number of sulfone groups is 1. The number of Topliss-reactive ketones (excluding diaryl/α,β-unsaturated/α-hetero) is 1. The van der Waals surface area contributed by atoms with E-state index in [9.17, 15) is 31.2 Å². The van der Waals surface area contributed by atoms with Gasteiger partial charge < -0.3 is 5.32 Å². The lowest BCUT2D eigenvalue weighted by Gasteiger charge is -2.21. The summed E-state index contributed by atoms with van der Waals surface area (Å²) < 4.78 is 62.3. The minimum absolute atomic E-state index is 0.00206. The maximum Gasteiger partial charge on any atom is 0.408 e. The van der Waals surface area contributed by atoms with E-state index < -0.39 is 33.8 Å². The Morgan fingerprint density at radius 2 is 1.69 bits per heavy atom. The molecule has 12 heteroatoms. The molecule has 0 bridgehead atoms. The van der Waals surface area contributed by atoms with E-state index in [4.69, 9.17) is 0 Å². The predicted molar refractivity (Wildman–Crippen MR) is 126 cm³/mol. The second-order valence-corrected chi connectivity index (χ2v) is 11.0. The standard InChI is InChI=1S/C24H25F3N4O4S/c1-4-36(34,35)19-8-5-16(6-9-19)11-21(32)30-18-7-10-20(28-13-18)22(33)23(2,3)17-12-29-31(14-17)15-24(25,26)27/h5-10,12-14H,4,11,15H2,1-3H3,(H,30,32). The van der Waals surface area contributed by atoms with Gasteiger partial charge in [-0.15, -0.1) is 0 Å². The third kappa shape index (κ3) is 6.56. The van der Waals surface area contributed by atoms with Crippen molar-refractivity contribution in [3.63, 3.8) is 0 Å². The van der Waals surface area contributed by atoms with E-state index >= 15 is 0 Å². The average molecular weight is 523 g/mol. The maximum absolute atomic E-state index is 13.0. The summed E-state index contributed by atoms with van der Waals surface area (Å²) in [6.45, 7) is 3.43. The summed E-state index contributed by atoms with van der Waals surface area (Å²) in [6, 6.07) is 8.97. The molecule has 1 N–H and O–H groups in total. The molecule has 1 amide bonds. The van der Waals surface area contributed by atoms with Crippen LogP contribution in [0.5, 0.6) is 0 Å². The quantitative estimate of drug-likeness (QED) is 0.426. The first-order valence-electron chi connectivity index (χ1n) is 10.9. The van der Waals surface area contributed by atoms with Crippen molar-refractivity contribution in [1.82, 2.24) is 14.8 Å². The summed E-state index contributed by atoms with van der Waals surface area (Å²) in [6.07, 6.45) is -0.710. The topological polar surface area (TPSA) is 111 Å². The van der Waals surface area contributed by atoms with E-state index in [1.165, 1.54) is 42.9 Å². The number of halogens is 3. The van der Waals surface area contributed by atoms with Crippen LogP contribution in [-0.4, -0.2) is 46.8 Å². The molecule has 192 valence electrons. The first-order chi connectivity index (χ1) is 16.7. The van der Waals surface area contributed by atoms with Gasteiger partial charge in [0.15, 0.2) is 15.6 Å². The molecule has 0 spiro atoms. The number of hydrogen-bond donors (Lipinski definition) is 1. The summed E-state index contributed by atoms with van der Waals surface area (Å²) >= 11 is 0. The maximum atomic E-state index is 13.0. The van der Waals surface area contributed by atoms with Gasteiger partial charge in [0.05, 0.1) is 40.6 Å². The van der Waals surface area contributed by atoms with Gasteiger partial charge in [0.25, 0.3) is 0 Å². The summed E-state index contributed by atoms with van der Waals surface area (Å²) in [4.78, 5) is 29.7. The lowest BCUT2D eigenvalue weighted by atomic mass is 9.81. The van der Waals surface area contributed by atoms with Gasteiger partial charge in [-0.05, 0) is 43.7 Å². The van der Waals surface area contributed by atoms with Crippen LogP contribution in [-0.2, 0) is 33.0 Å². The zero-order valence-corrected chi connectivity index (χ0v) is 20.7. The van der Waals surface area contributed by atoms with Gasteiger partial charge in [-0.3, -0.25) is 19.3 Å². The fourth-order valence-electron chi connectivity index (χ4n) is 3.38. The second-order valence-electron chi connectivity index (χ2n) is 8.70. The van der Waals surface area contributed by atoms with Crippen LogP contribution in [0.1, 0.15) is 42.4 Å². The van der Waals surface area contributed by atoms with Crippen LogP contribution in [0.3, 0.4) is 0 Å². The second kappa shape index (κ2) is 10.2. The molecule has 3 aromatic rings. The van der Waals surface area contributed by atoms with E-state index in [0.29, 0.717) is 16.8 Å². The molecule has 3 rings (SSSR count). The van der Waals surface area contributed by atoms with Gasteiger partial charge in [0.2, 0.25) is 5.91 Å². The molecular weight excluding hydrogens is 497 g/mol. The highest BCUT2D eigenvalue weighted by Gasteiger charge is 2.34. The first kappa shape index (κ1) is 27.1. The smallest absolute Gasteiger partial charge is 0.324 e. The molecule has 8 nitrogen and oxygen atoms in total. The number of nitrogens with one attached hydrogen (secondary N) is 1. The highest BCUT2D eigenvalue weighted by atomic mass is 32.2. The molecule has 0 aliphatic rings. The minimum Gasteiger partial charge on any atom is -0.324 e. The highest BCUT2D eigenvalue weighted by molar-refractivity contribution is 7.91. The van der Waals surface area contributed by atoms with Gasteiger partial charge in [-0.2, -0.15) is 18.3 Å². The number of carbonyl (C=O) groups excluding carboxylic acids is 2. The number of nitrogens with zero attached hydrogens (tertiary/aromatic N) is 3. The first-order valence-corrected chi connectivity index (χ1v) is 12.6. The number of alkyl halides is 3. The van der Waals surface area contributed by atoms with Crippen molar-refractivity contribution >= 4 is 27.2 Å². The van der Waals surface area contributed by atoms with Crippen LogP contribution in [0.25, 0.3) is 0 Å². The number of amides is 1. The Morgan fingerprint density at radius 3 is 2.25 bits per heavy atom. The molecule has 0 atom stereocenters. The normalized spacial score (nSPS) is 12.4. The number of pyridine rings is 1. The van der Waals surface area contributed by atoms with Crippen LogP contribution >= 0.6 is 0 Å². The number of ketones is 1. The Balaban J connectivity index is 1.64. The molecule has 36 heavy (non-hydrogen) atoms. The van der Waals surface area contributed by atoms with Gasteiger partial charge >= 0.3 is 6.18 Å². The van der Waals surface area contributed by atoms with Crippen molar-refractivity contribution in [2.75, 3.05) is 11.1 Å². The highest BCUT2D eigenvalue weighted by Crippen LogP contribution is 2.28. The Bertz CT molecular complexity index is 1350. The van der Waals surface area contributed by atoms with Crippen LogP contribution < -0.4 is 5.32 Å². The van der Waals surface area contributed by atoms with Gasteiger partial charge in [0.1, 0.15) is 12.2 Å². The predicted octanol–water partition coefficient (Wildman–Crippen LogP) is 3.98. The zero-order chi connectivity index (χ0) is 26.7. The number of hydrogen-bond acceptors (Lipinski definition) is 6. The van der Waals surface area contributed by atoms with Crippen LogP contribution in [0, 0.1) is 0 Å². The number of benzene rings is 1. The number of carbonyl (C=O) groups is 2. The Hall–Kier alpha value is -3.54. The zero-order valence-electron chi connectivity index (χ0n) is 19.8. The molecule has 2 heterocycles. The van der Waals surface area contributed by atoms with Crippen LogP contribution in [0.15, 0.2) is 59.9 Å². The van der Waals surface area contributed by atoms with Crippen LogP contribution in [0.2, 0.25) is 0 Å². The summed E-state index contributed by atoms with van der Waals surface area (Å²) in [5.74, 6) is -0.801. The Labute approximate surface area is 206 Å². The number of aromatic nitrogens is 3. The molecule has 0 radical (unpaired) electrons. The van der Waals surface area contributed by atoms with Crippen molar-refractivity contribution < 1.29 is 31.2 Å². The fraction of sp³-hybridized carbons (Fsp3) is 0.333. The Morgan fingerprint density at radius 1 is 1.03 bits per heavy atom. The van der Waals surface area contributed by atoms with E-state index in [1.807, 2.05) is 0 Å². The van der Waals surface area contributed by atoms with Crippen molar-refractivity contribution in [2.24, 2.45) is 0 Å². The largest absolute Gasteiger partial charge is 0.408 e. The fourth-order valence-corrected chi connectivity index (χ4v) is 4.27. The molecule has 0 saturated carbocycles. The summed E-state index contributed by atoms with van der Waals surface area (Å²) in [5.41, 5.74) is 0.176. The van der Waals surface area contributed by atoms with Crippen molar-refractivity contribution in [3.05, 3.63) is 71.8 Å². The molecular formula is C24H25F3N4O4S. The molecule has 0 aliphatic carbocycles. The minimum atomic E-state index is -4.43.